The van der Waals surface area contributed by atoms with Gasteiger partial charge in [-0.3, -0.25) is 0 Å². The van der Waals surface area contributed by atoms with Gasteiger partial charge in [0.15, 0.2) is 0 Å². The molecule has 15 heavy (non-hydrogen) atoms. The first-order chi connectivity index (χ1) is 6.72. The molecule has 0 aromatic heterocycles. The molecule has 0 aliphatic heterocycles. The molecule has 0 N–H and O–H groups in total. The number of rotatable bonds is 4. The molecule has 88 valence electrons. The zero-order valence-corrected chi connectivity index (χ0v) is 11.6. The standard InChI is InChI=1S/C13H24FP/c1-7-8-15(5,6)11(3)12-10(2)9-13(12,4)14/h7,9,11-12,15H,1,8H2,2-6H3. The van der Waals surface area contributed by atoms with Crippen molar-refractivity contribution in [3.63, 3.8) is 0 Å². The van der Waals surface area contributed by atoms with E-state index in [0.29, 0.717) is 5.66 Å². The number of halogens is 1. The monoisotopic (exact) mass is 230 g/mol. The van der Waals surface area contributed by atoms with Crippen LogP contribution >= 0.6 is 7.26 Å². The molecule has 3 atom stereocenters. The Bertz CT molecular complexity index is 289. The van der Waals surface area contributed by atoms with E-state index >= 15 is 0 Å². The predicted molar refractivity (Wildman–Crippen MR) is 71.4 cm³/mol. The summed E-state index contributed by atoms with van der Waals surface area (Å²) in [6.07, 6.45) is 4.84. The molecule has 0 aromatic carbocycles. The summed E-state index contributed by atoms with van der Waals surface area (Å²) in [7, 11) is -1.37. The Hall–Kier alpha value is -0.160. The van der Waals surface area contributed by atoms with Crippen LogP contribution in [0.3, 0.4) is 0 Å². The summed E-state index contributed by atoms with van der Waals surface area (Å²) in [5.41, 5.74) is 0.641. The Labute approximate surface area is 94.0 Å². The molecular formula is C13H24FP. The maximum atomic E-state index is 14.1. The molecular weight excluding hydrogens is 206 g/mol. The molecule has 0 aromatic rings. The van der Waals surface area contributed by atoms with Gasteiger partial charge in [0.1, 0.15) is 0 Å². The molecule has 1 rings (SSSR count). The second-order valence-electron chi connectivity index (χ2n) is 5.79. The molecule has 0 saturated heterocycles. The van der Waals surface area contributed by atoms with Gasteiger partial charge in [-0.25, -0.2) is 0 Å². The fourth-order valence-corrected chi connectivity index (χ4v) is 5.47. The predicted octanol–water partition coefficient (Wildman–Crippen LogP) is 3.87. The summed E-state index contributed by atoms with van der Waals surface area (Å²) in [5, 5.41) is 0. The van der Waals surface area contributed by atoms with E-state index in [4.69, 9.17) is 0 Å². The summed E-state index contributed by atoms with van der Waals surface area (Å²) < 4.78 is 14.1. The first-order valence-corrected chi connectivity index (χ1v) is 9.00. The van der Waals surface area contributed by atoms with Gasteiger partial charge in [-0.2, -0.15) is 0 Å². The van der Waals surface area contributed by atoms with E-state index in [-0.39, 0.29) is 5.92 Å². The average molecular weight is 230 g/mol. The van der Waals surface area contributed by atoms with Crippen molar-refractivity contribution in [3.8, 4) is 0 Å². The Morgan fingerprint density at radius 1 is 1.67 bits per heavy atom. The van der Waals surface area contributed by atoms with Crippen molar-refractivity contribution in [2.75, 3.05) is 19.5 Å². The van der Waals surface area contributed by atoms with E-state index in [0.717, 1.165) is 6.16 Å². The van der Waals surface area contributed by atoms with E-state index in [1.165, 1.54) is 5.57 Å². The summed E-state index contributed by atoms with van der Waals surface area (Å²) >= 11 is 0. The molecule has 3 unspecified atom stereocenters. The van der Waals surface area contributed by atoms with Crippen LogP contribution in [0.1, 0.15) is 20.8 Å². The van der Waals surface area contributed by atoms with Crippen LogP contribution in [-0.4, -0.2) is 30.8 Å². The fraction of sp³-hybridized carbons (Fsp3) is 0.692. The number of allylic oxidation sites excluding steroid dienone is 3. The molecule has 0 nitrogen and oxygen atoms in total. The molecule has 0 spiro atoms. The van der Waals surface area contributed by atoms with Crippen molar-refractivity contribution in [1.29, 1.82) is 0 Å². The maximum absolute atomic E-state index is 14.1. The summed E-state index contributed by atoms with van der Waals surface area (Å²) in [4.78, 5) is 0. The van der Waals surface area contributed by atoms with Gasteiger partial charge in [-0.1, -0.05) is 0 Å². The van der Waals surface area contributed by atoms with Gasteiger partial charge in [0.05, 0.1) is 0 Å². The van der Waals surface area contributed by atoms with E-state index in [9.17, 15) is 4.39 Å². The van der Waals surface area contributed by atoms with Gasteiger partial charge in [0.2, 0.25) is 0 Å². The van der Waals surface area contributed by atoms with Crippen molar-refractivity contribution in [3.05, 3.63) is 24.3 Å². The fourth-order valence-electron chi connectivity index (χ4n) is 2.87. The van der Waals surface area contributed by atoms with Gasteiger partial charge in [-0.15, -0.1) is 0 Å². The normalized spacial score (nSPS) is 34.0. The first-order valence-electron chi connectivity index (χ1n) is 5.71. The number of alkyl halides is 1. The van der Waals surface area contributed by atoms with Crippen LogP contribution in [-0.2, 0) is 0 Å². The van der Waals surface area contributed by atoms with Crippen LogP contribution in [0.2, 0.25) is 0 Å². The third-order valence-electron chi connectivity index (χ3n) is 4.01. The molecule has 0 fully saturated rings. The zero-order valence-electron chi connectivity index (χ0n) is 10.6. The molecule has 0 radical (unpaired) electrons. The van der Waals surface area contributed by atoms with Gasteiger partial charge in [-0.05, 0) is 0 Å². The van der Waals surface area contributed by atoms with Crippen molar-refractivity contribution >= 4 is 7.26 Å². The number of hydrogen-bond acceptors (Lipinski definition) is 0. The summed E-state index contributed by atoms with van der Waals surface area (Å²) in [5.74, 6) is 0.138. The third kappa shape index (κ3) is 2.33. The van der Waals surface area contributed by atoms with Gasteiger partial charge in [0, 0.05) is 0 Å². The quantitative estimate of drug-likeness (QED) is 0.508. The minimum atomic E-state index is -1.37. The summed E-state index contributed by atoms with van der Waals surface area (Å²) in [6, 6.07) is 0. The second-order valence-corrected chi connectivity index (χ2v) is 11.1. The molecule has 0 bridgehead atoms. The second kappa shape index (κ2) is 4.01. The van der Waals surface area contributed by atoms with Crippen molar-refractivity contribution in [1.82, 2.24) is 0 Å². The summed E-state index contributed by atoms with van der Waals surface area (Å²) in [6.45, 7) is 14.5. The van der Waals surface area contributed by atoms with Crippen LogP contribution in [0.4, 0.5) is 4.39 Å². The van der Waals surface area contributed by atoms with E-state index in [1.54, 1.807) is 13.0 Å². The molecule has 1 aliphatic rings. The molecule has 2 heteroatoms. The van der Waals surface area contributed by atoms with Crippen molar-refractivity contribution in [2.45, 2.75) is 32.1 Å². The van der Waals surface area contributed by atoms with Crippen LogP contribution in [0.25, 0.3) is 0 Å². The molecule has 0 saturated carbocycles. The average Bonchev–Trinajstić information content (AvgIpc) is 2.01. The Morgan fingerprint density at radius 3 is 2.53 bits per heavy atom. The minimum absolute atomic E-state index is 0.138. The van der Waals surface area contributed by atoms with E-state index in [2.05, 4.69) is 33.8 Å². The van der Waals surface area contributed by atoms with E-state index in [1.807, 2.05) is 6.08 Å². The Morgan fingerprint density at radius 2 is 2.20 bits per heavy atom. The molecule has 0 amide bonds. The zero-order chi connectivity index (χ0) is 11.9. The Kier molecular flexibility index (Phi) is 3.45. The molecule has 1 aliphatic carbocycles. The van der Waals surface area contributed by atoms with Crippen LogP contribution < -0.4 is 0 Å². The van der Waals surface area contributed by atoms with Crippen molar-refractivity contribution < 1.29 is 4.39 Å². The van der Waals surface area contributed by atoms with Crippen LogP contribution in [0.5, 0.6) is 0 Å². The third-order valence-corrected chi connectivity index (χ3v) is 8.15. The number of hydrogen-bond donors (Lipinski definition) is 0. The van der Waals surface area contributed by atoms with E-state index < -0.39 is 12.9 Å². The molecule has 0 heterocycles. The van der Waals surface area contributed by atoms with Gasteiger partial charge < -0.3 is 0 Å². The van der Waals surface area contributed by atoms with Gasteiger partial charge >= 0.3 is 93.5 Å². The van der Waals surface area contributed by atoms with Gasteiger partial charge in [0.25, 0.3) is 0 Å². The SMILES string of the molecule is C=CC[PH](C)(C)C(C)C1C(C)=CC1(C)F. The topological polar surface area (TPSA) is 0 Å². The Balaban J connectivity index is 2.82. The van der Waals surface area contributed by atoms with Crippen LogP contribution in [0, 0.1) is 5.92 Å². The van der Waals surface area contributed by atoms with Crippen molar-refractivity contribution in [2.24, 2.45) is 5.92 Å². The van der Waals surface area contributed by atoms with Crippen LogP contribution in [0.15, 0.2) is 24.3 Å². The first kappa shape index (κ1) is 12.9.